The van der Waals surface area contributed by atoms with E-state index in [-0.39, 0.29) is 5.91 Å². The van der Waals surface area contributed by atoms with E-state index in [1.165, 1.54) is 18.3 Å². The maximum Gasteiger partial charge on any atom is 0.223 e. The number of anilines is 2. The van der Waals surface area contributed by atoms with Crippen molar-refractivity contribution in [2.45, 2.75) is 26.1 Å². The first-order valence-corrected chi connectivity index (χ1v) is 13.4. The summed E-state index contributed by atoms with van der Waals surface area (Å²) in [7, 11) is 3.95. The number of aromatic nitrogens is 4. The number of hydrogen-bond acceptors (Lipinski definition) is 9. The van der Waals surface area contributed by atoms with Crippen LogP contribution in [0.5, 0.6) is 0 Å². The first-order valence-electron chi connectivity index (χ1n) is 12.2. The van der Waals surface area contributed by atoms with Crippen molar-refractivity contribution in [2.75, 3.05) is 37.8 Å². The number of nitrogens with one attached hydrogen (secondary N) is 3. The third-order valence-corrected chi connectivity index (χ3v) is 7.42. The van der Waals surface area contributed by atoms with Crippen LogP contribution in [0.15, 0.2) is 42.7 Å². The molecule has 5 rings (SSSR count). The van der Waals surface area contributed by atoms with Gasteiger partial charge in [0.15, 0.2) is 11.5 Å². The lowest BCUT2D eigenvalue weighted by atomic mass is 9.95. The average molecular weight is 553 g/mol. The number of benzene rings is 1. The molecule has 0 saturated heterocycles. The van der Waals surface area contributed by atoms with E-state index in [0.717, 1.165) is 52.5 Å². The Kier molecular flexibility index (Phi) is 7.73. The second-order valence-corrected chi connectivity index (χ2v) is 10.7. The Morgan fingerprint density at radius 3 is 2.84 bits per heavy atom. The zero-order valence-corrected chi connectivity index (χ0v) is 22.9. The predicted molar refractivity (Wildman–Crippen MR) is 151 cm³/mol. The summed E-state index contributed by atoms with van der Waals surface area (Å²) in [6.07, 6.45) is 4.11. The Bertz CT molecular complexity index is 1450. The molecule has 4 N–H and O–H groups in total. The lowest BCUT2D eigenvalue weighted by molar-refractivity contribution is -0.114. The van der Waals surface area contributed by atoms with Gasteiger partial charge in [0.25, 0.3) is 0 Å². The molecule has 1 amide bonds. The monoisotopic (exact) mass is 552 g/mol. The second kappa shape index (κ2) is 11.2. The molecule has 0 fully saturated rings. The molecule has 0 radical (unpaired) electrons. The van der Waals surface area contributed by atoms with E-state index in [1.807, 2.05) is 47.9 Å². The highest BCUT2D eigenvalue weighted by Crippen LogP contribution is 2.44. The SMILES string of the molecule is CC(=O)Nc1nc2c(s1)-c1c(c(-c3cccnc3)nn1-c1ccc(NC(O)NCCN(C)C)cc1Cl)CC2. The minimum atomic E-state index is -0.918. The number of thiazole rings is 1. The molecule has 0 bridgehead atoms. The molecule has 1 aliphatic rings. The highest BCUT2D eigenvalue weighted by atomic mass is 35.5. The number of fused-ring (bicyclic) bond motifs is 3. The van der Waals surface area contributed by atoms with Crippen molar-refractivity contribution in [3.05, 3.63) is 59.0 Å². The maximum atomic E-state index is 11.7. The number of likely N-dealkylation sites (N-methyl/N-ethyl adjacent to an activating group) is 1. The molecule has 198 valence electrons. The summed E-state index contributed by atoms with van der Waals surface area (Å²) in [5, 5.41) is 25.2. The summed E-state index contributed by atoms with van der Waals surface area (Å²) in [6.45, 7) is 2.90. The van der Waals surface area contributed by atoms with Gasteiger partial charge in [-0.25, -0.2) is 9.67 Å². The van der Waals surface area contributed by atoms with Crippen LogP contribution < -0.4 is 16.0 Å². The third kappa shape index (κ3) is 5.57. The smallest absolute Gasteiger partial charge is 0.223 e. The number of aryl methyl sites for hydroxylation is 1. The normalized spacial score (nSPS) is 13.2. The van der Waals surface area contributed by atoms with E-state index in [1.54, 1.807) is 18.5 Å². The van der Waals surface area contributed by atoms with Gasteiger partial charge in [0.05, 0.1) is 32.7 Å². The summed E-state index contributed by atoms with van der Waals surface area (Å²) >= 11 is 8.23. The zero-order chi connectivity index (χ0) is 26.8. The third-order valence-electron chi connectivity index (χ3n) is 6.10. The van der Waals surface area contributed by atoms with Crippen LogP contribution in [0.2, 0.25) is 5.02 Å². The fourth-order valence-corrected chi connectivity index (χ4v) is 5.76. The Balaban J connectivity index is 1.53. The number of hydrogen-bond donors (Lipinski definition) is 4. The van der Waals surface area contributed by atoms with E-state index < -0.39 is 6.35 Å². The van der Waals surface area contributed by atoms with Gasteiger partial charge in [0.1, 0.15) is 0 Å². The summed E-state index contributed by atoms with van der Waals surface area (Å²) in [4.78, 5) is 23.6. The highest BCUT2D eigenvalue weighted by Gasteiger charge is 2.30. The molecule has 10 nitrogen and oxygen atoms in total. The predicted octanol–water partition coefficient (Wildman–Crippen LogP) is 3.61. The van der Waals surface area contributed by atoms with Crippen LogP contribution in [0.4, 0.5) is 10.8 Å². The summed E-state index contributed by atoms with van der Waals surface area (Å²) in [5.74, 6) is -0.162. The molecular weight excluding hydrogens is 524 g/mol. The number of halogens is 1. The van der Waals surface area contributed by atoms with Crippen molar-refractivity contribution in [2.24, 2.45) is 0 Å². The van der Waals surface area contributed by atoms with Crippen LogP contribution in [-0.4, -0.2) is 69.2 Å². The van der Waals surface area contributed by atoms with Gasteiger partial charge in [-0.05, 0) is 57.3 Å². The van der Waals surface area contributed by atoms with Crippen LogP contribution in [0.3, 0.4) is 0 Å². The molecule has 0 spiro atoms. The van der Waals surface area contributed by atoms with Crippen molar-refractivity contribution in [1.29, 1.82) is 0 Å². The second-order valence-electron chi connectivity index (χ2n) is 9.28. The topological polar surface area (TPSA) is 120 Å². The van der Waals surface area contributed by atoms with E-state index in [2.05, 4.69) is 25.9 Å². The number of amides is 1. The molecule has 38 heavy (non-hydrogen) atoms. The van der Waals surface area contributed by atoms with E-state index >= 15 is 0 Å². The van der Waals surface area contributed by atoms with Crippen molar-refractivity contribution in [3.63, 3.8) is 0 Å². The zero-order valence-electron chi connectivity index (χ0n) is 21.3. The molecule has 0 saturated carbocycles. The Labute approximate surface area is 229 Å². The molecule has 3 heterocycles. The van der Waals surface area contributed by atoms with Crippen molar-refractivity contribution < 1.29 is 9.90 Å². The van der Waals surface area contributed by atoms with Crippen LogP contribution in [0.25, 0.3) is 27.5 Å². The lowest BCUT2D eigenvalue weighted by Crippen LogP contribution is -2.39. The summed E-state index contributed by atoms with van der Waals surface area (Å²) < 4.78 is 1.85. The molecule has 0 aliphatic heterocycles. The number of aliphatic hydroxyl groups excluding tert-OH is 1. The van der Waals surface area contributed by atoms with E-state index in [0.29, 0.717) is 28.1 Å². The highest BCUT2D eigenvalue weighted by molar-refractivity contribution is 7.19. The minimum Gasteiger partial charge on any atom is -0.361 e. The van der Waals surface area contributed by atoms with Gasteiger partial charge < -0.3 is 20.6 Å². The van der Waals surface area contributed by atoms with Gasteiger partial charge in [-0.3, -0.25) is 15.1 Å². The molecule has 12 heteroatoms. The van der Waals surface area contributed by atoms with Crippen LogP contribution in [0.1, 0.15) is 18.2 Å². The van der Waals surface area contributed by atoms with E-state index in [4.69, 9.17) is 16.7 Å². The molecule has 1 unspecified atom stereocenters. The van der Waals surface area contributed by atoms with Gasteiger partial charge in [0, 0.05) is 49.2 Å². The number of carbonyl (C=O) groups is 1. The largest absolute Gasteiger partial charge is 0.361 e. The fourth-order valence-electron chi connectivity index (χ4n) is 4.39. The summed E-state index contributed by atoms with van der Waals surface area (Å²) in [6, 6.07) is 9.38. The fraction of sp³-hybridized carbons (Fsp3) is 0.308. The van der Waals surface area contributed by atoms with Crippen molar-refractivity contribution in [1.82, 2.24) is 30.0 Å². The first-order chi connectivity index (χ1) is 18.3. The number of nitrogens with zero attached hydrogens (tertiary/aromatic N) is 5. The molecule has 1 aliphatic carbocycles. The Hall–Kier alpha value is -3.35. The van der Waals surface area contributed by atoms with Crippen LogP contribution >= 0.6 is 22.9 Å². The van der Waals surface area contributed by atoms with Crippen LogP contribution in [0, 0.1) is 0 Å². The molecule has 3 aromatic heterocycles. The first kappa shape index (κ1) is 26.3. The molecular formula is C26H29ClN8O2S. The number of aliphatic hydroxyl groups is 1. The van der Waals surface area contributed by atoms with Crippen molar-refractivity contribution >= 4 is 39.7 Å². The van der Waals surface area contributed by atoms with E-state index in [9.17, 15) is 9.90 Å². The minimum absolute atomic E-state index is 0.162. The maximum absolute atomic E-state index is 11.7. The number of pyridine rings is 1. The molecule has 1 aromatic carbocycles. The quantitative estimate of drug-likeness (QED) is 0.232. The van der Waals surface area contributed by atoms with Gasteiger partial charge in [-0.2, -0.15) is 5.10 Å². The lowest BCUT2D eigenvalue weighted by Gasteiger charge is -2.18. The summed E-state index contributed by atoms with van der Waals surface area (Å²) in [5.41, 5.74) is 6.04. The van der Waals surface area contributed by atoms with Gasteiger partial charge >= 0.3 is 0 Å². The molecule has 4 aromatic rings. The average Bonchev–Trinajstić information content (AvgIpc) is 3.45. The Morgan fingerprint density at radius 1 is 1.29 bits per heavy atom. The van der Waals surface area contributed by atoms with Gasteiger partial charge in [-0.1, -0.05) is 22.9 Å². The van der Waals surface area contributed by atoms with Gasteiger partial charge in [0.2, 0.25) is 5.91 Å². The number of carbonyl (C=O) groups excluding carboxylic acids is 1. The van der Waals surface area contributed by atoms with Crippen molar-refractivity contribution in [3.8, 4) is 27.5 Å². The molecule has 1 atom stereocenters. The standard InChI is InChI=1S/C26H29ClN8O2S/c1-15(36)30-26-32-20-8-7-18-22(16-5-4-10-28-14-16)33-35(23(18)24(20)38-26)21-9-6-17(13-19(21)27)31-25(37)29-11-12-34(2)3/h4-6,9-10,13-14,25,29,31,37H,7-8,11-12H2,1-3H3,(H,30,32,36). The van der Waals surface area contributed by atoms with Gasteiger partial charge in [-0.15, -0.1) is 0 Å². The van der Waals surface area contributed by atoms with Crippen LogP contribution in [-0.2, 0) is 17.6 Å². The number of rotatable bonds is 9. The Morgan fingerprint density at radius 2 is 2.13 bits per heavy atom.